The monoisotopic (exact) mass is 405 g/mol. The number of fused-ring (bicyclic) bond motifs is 4. The van der Waals surface area contributed by atoms with E-state index in [4.69, 9.17) is 14.5 Å². The van der Waals surface area contributed by atoms with Gasteiger partial charge in [0.2, 0.25) is 5.88 Å². The zero-order chi connectivity index (χ0) is 20.0. The van der Waals surface area contributed by atoms with Crippen LogP contribution in [0.5, 0.6) is 5.88 Å². The summed E-state index contributed by atoms with van der Waals surface area (Å²) in [6, 6.07) is 11.2. The molecule has 6 nitrogen and oxygen atoms in total. The molecule has 1 aliphatic rings. The number of hydrogen-bond donors (Lipinski definition) is 0. The number of ketones is 1. The molecule has 4 aromatic rings. The van der Waals surface area contributed by atoms with Crippen LogP contribution in [0.15, 0.2) is 42.7 Å². The minimum absolute atomic E-state index is 0.0731. The van der Waals surface area contributed by atoms with Gasteiger partial charge in [0.05, 0.1) is 23.4 Å². The van der Waals surface area contributed by atoms with Crippen LogP contribution in [0, 0.1) is 0 Å². The van der Waals surface area contributed by atoms with Crippen molar-refractivity contribution in [3.8, 4) is 5.88 Å². The van der Waals surface area contributed by atoms with Gasteiger partial charge < -0.3 is 9.47 Å². The molecule has 0 saturated heterocycles. The zero-order valence-corrected chi connectivity index (χ0v) is 17.0. The highest BCUT2D eigenvalue weighted by atomic mass is 32.1. The second-order valence-corrected chi connectivity index (χ2v) is 8.71. The van der Waals surface area contributed by atoms with Crippen LogP contribution in [0.1, 0.15) is 35.5 Å². The van der Waals surface area contributed by atoms with Gasteiger partial charge in [-0.3, -0.25) is 4.79 Å². The molecule has 0 bridgehead atoms. The van der Waals surface area contributed by atoms with Crippen LogP contribution in [-0.2, 0) is 17.8 Å². The van der Waals surface area contributed by atoms with Crippen molar-refractivity contribution in [3.05, 3.63) is 59.5 Å². The third-order valence-corrected chi connectivity index (χ3v) is 6.11. The number of hydrogen-bond acceptors (Lipinski definition) is 7. The van der Waals surface area contributed by atoms with Gasteiger partial charge in [-0.25, -0.2) is 15.0 Å². The van der Waals surface area contributed by atoms with Crippen molar-refractivity contribution in [1.82, 2.24) is 15.0 Å². The average molecular weight is 405 g/mol. The van der Waals surface area contributed by atoms with E-state index in [0.717, 1.165) is 38.1 Å². The fraction of sp³-hybridized carbons (Fsp3) is 0.273. The molecule has 146 valence electrons. The molecule has 0 saturated carbocycles. The van der Waals surface area contributed by atoms with Crippen molar-refractivity contribution in [3.63, 3.8) is 0 Å². The van der Waals surface area contributed by atoms with Gasteiger partial charge in [-0.05, 0) is 19.9 Å². The van der Waals surface area contributed by atoms with Crippen LogP contribution >= 0.6 is 11.3 Å². The molecule has 29 heavy (non-hydrogen) atoms. The summed E-state index contributed by atoms with van der Waals surface area (Å²) in [6.07, 6.45) is 2.24. The lowest BCUT2D eigenvalue weighted by Crippen LogP contribution is -2.32. The highest BCUT2D eigenvalue weighted by Gasteiger charge is 2.28. The normalized spacial score (nSPS) is 15.4. The Balaban J connectivity index is 1.50. The van der Waals surface area contributed by atoms with E-state index in [-0.39, 0.29) is 18.0 Å². The standard InChI is InChI=1S/C22H19N3O3S/c1-22(2)9-16-14(10-28-22)8-15-18-19(29-21(15)25-16)20(24-12-23-18)27-11-17(26)13-6-4-3-5-7-13/h3-8,12H,9-11H2,1-2H3. The maximum atomic E-state index is 12.4. The van der Waals surface area contributed by atoms with Gasteiger partial charge in [0, 0.05) is 22.9 Å². The Hall–Kier alpha value is -2.90. The number of pyridine rings is 1. The first kappa shape index (κ1) is 18.1. The minimum Gasteiger partial charge on any atom is -0.468 e. The van der Waals surface area contributed by atoms with Crippen molar-refractivity contribution < 1.29 is 14.3 Å². The summed E-state index contributed by atoms with van der Waals surface area (Å²) in [4.78, 5) is 26.9. The smallest absolute Gasteiger partial charge is 0.235 e. The molecule has 0 N–H and O–H groups in total. The molecule has 4 heterocycles. The number of aromatic nitrogens is 3. The highest BCUT2D eigenvalue weighted by molar-refractivity contribution is 7.25. The van der Waals surface area contributed by atoms with Crippen molar-refractivity contribution >= 4 is 37.6 Å². The molecule has 0 radical (unpaired) electrons. The van der Waals surface area contributed by atoms with Crippen LogP contribution < -0.4 is 4.74 Å². The topological polar surface area (TPSA) is 74.2 Å². The van der Waals surface area contributed by atoms with Crippen molar-refractivity contribution in [2.75, 3.05) is 6.61 Å². The van der Waals surface area contributed by atoms with Gasteiger partial charge in [0.1, 0.15) is 15.9 Å². The van der Waals surface area contributed by atoms with E-state index in [1.54, 1.807) is 12.1 Å². The summed E-state index contributed by atoms with van der Waals surface area (Å²) in [5.74, 6) is 0.322. The van der Waals surface area contributed by atoms with Crippen LogP contribution in [-0.4, -0.2) is 32.9 Å². The molecule has 0 fully saturated rings. The zero-order valence-electron chi connectivity index (χ0n) is 16.1. The number of rotatable bonds is 4. The molecule has 3 aromatic heterocycles. The fourth-order valence-electron chi connectivity index (χ4n) is 3.51. The Kier molecular flexibility index (Phi) is 4.29. The molecule has 1 aromatic carbocycles. The maximum absolute atomic E-state index is 12.4. The number of nitrogens with zero attached hydrogens (tertiary/aromatic N) is 3. The Morgan fingerprint density at radius 3 is 2.90 bits per heavy atom. The maximum Gasteiger partial charge on any atom is 0.235 e. The molecular weight excluding hydrogens is 386 g/mol. The van der Waals surface area contributed by atoms with E-state index < -0.39 is 0 Å². The molecule has 0 spiro atoms. The summed E-state index contributed by atoms with van der Waals surface area (Å²) >= 11 is 1.50. The second-order valence-electron chi connectivity index (χ2n) is 7.71. The number of Topliss-reactive ketones (excluding diaryl/α,β-unsaturated/α-hetero) is 1. The van der Waals surface area contributed by atoms with E-state index in [1.165, 1.54) is 17.7 Å². The summed E-state index contributed by atoms with van der Waals surface area (Å²) < 4.78 is 12.5. The quantitative estimate of drug-likeness (QED) is 0.470. The number of benzene rings is 1. The summed E-state index contributed by atoms with van der Waals surface area (Å²) in [6.45, 7) is 4.63. The SMILES string of the molecule is CC1(C)Cc2nc3sc4c(OCC(=O)c5ccccc5)ncnc4c3cc2CO1. The van der Waals surface area contributed by atoms with Gasteiger partial charge in [0.25, 0.3) is 0 Å². The summed E-state index contributed by atoms with van der Waals surface area (Å²) in [5.41, 5.74) is 3.36. The first-order chi connectivity index (χ1) is 14.0. The molecule has 1 aliphatic heterocycles. The van der Waals surface area contributed by atoms with Crippen LogP contribution in [0.2, 0.25) is 0 Å². The third-order valence-electron chi connectivity index (χ3n) is 5.03. The number of carbonyl (C=O) groups excluding carboxylic acids is 1. The second kappa shape index (κ2) is 6.86. The predicted molar refractivity (Wildman–Crippen MR) is 112 cm³/mol. The Morgan fingerprint density at radius 2 is 2.07 bits per heavy atom. The van der Waals surface area contributed by atoms with Crippen molar-refractivity contribution in [1.29, 1.82) is 0 Å². The van der Waals surface area contributed by atoms with E-state index >= 15 is 0 Å². The largest absolute Gasteiger partial charge is 0.468 e. The number of thiophene rings is 1. The third kappa shape index (κ3) is 3.36. The lowest BCUT2D eigenvalue weighted by Gasteiger charge is -2.30. The number of carbonyl (C=O) groups is 1. The molecule has 0 unspecified atom stereocenters. The molecule has 0 aliphatic carbocycles. The lowest BCUT2D eigenvalue weighted by molar-refractivity contribution is -0.0411. The lowest BCUT2D eigenvalue weighted by atomic mass is 9.95. The van der Waals surface area contributed by atoms with Gasteiger partial charge in [-0.15, -0.1) is 11.3 Å². The summed E-state index contributed by atoms with van der Waals surface area (Å²) in [7, 11) is 0. The Bertz CT molecular complexity index is 1230. The predicted octanol–water partition coefficient (Wildman–Crippen LogP) is 4.35. The van der Waals surface area contributed by atoms with Gasteiger partial charge >= 0.3 is 0 Å². The number of ether oxygens (including phenoxy) is 2. The van der Waals surface area contributed by atoms with Gasteiger partial charge in [0.15, 0.2) is 12.4 Å². The van der Waals surface area contributed by atoms with Crippen LogP contribution in [0.25, 0.3) is 20.4 Å². The minimum atomic E-state index is -0.212. The van der Waals surface area contributed by atoms with Crippen molar-refractivity contribution in [2.45, 2.75) is 32.5 Å². The van der Waals surface area contributed by atoms with Crippen LogP contribution in [0.3, 0.4) is 0 Å². The molecule has 5 rings (SSSR count). The Morgan fingerprint density at radius 1 is 1.24 bits per heavy atom. The fourth-order valence-corrected chi connectivity index (χ4v) is 4.58. The first-order valence-corrected chi connectivity index (χ1v) is 10.2. The average Bonchev–Trinajstić information content (AvgIpc) is 3.08. The first-order valence-electron chi connectivity index (χ1n) is 9.41. The molecule has 0 atom stereocenters. The molecule has 7 heteroatoms. The van der Waals surface area contributed by atoms with E-state index in [0.29, 0.717) is 18.1 Å². The molecular formula is C22H19N3O3S. The molecule has 0 amide bonds. The van der Waals surface area contributed by atoms with E-state index in [9.17, 15) is 4.79 Å². The Labute approximate surface area is 171 Å². The van der Waals surface area contributed by atoms with Gasteiger partial charge in [-0.1, -0.05) is 30.3 Å². The summed E-state index contributed by atoms with van der Waals surface area (Å²) in [5, 5.41) is 0.966. The van der Waals surface area contributed by atoms with Gasteiger partial charge in [-0.2, -0.15) is 0 Å². The van der Waals surface area contributed by atoms with Crippen LogP contribution in [0.4, 0.5) is 0 Å². The van der Waals surface area contributed by atoms with Crippen molar-refractivity contribution in [2.24, 2.45) is 0 Å². The van der Waals surface area contributed by atoms with E-state index in [2.05, 4.69) is 29.9 Å². The highest BCUT2D eigenvalue weighted by Crippen LogP contribution is 2.38. The van der Waals surface area contributed by atoms with E-state index in [1.807, 2.05) is 18.2 Å².